The number of rotatable bonds is 7. The molecule has 4 nitrogen and oxygen atoms in total. The van der Waals surface area contributed by atoms with Gasteiger partial charge in [-0.3, -0.25) is 4.79 Å². The number of nitrogens with zero attached hydrogens (tertiary/aromatic N) is 1. The van der Waals surface area contributed by atoms with E-state index in [1.54, 1.807) is 12.1 Å². The van der Waals surface area contributed by atoms with E-state index in [9.17, 15) is 4.79 Å². The summed E-state index contributed by atoms with van der Waals surface area (Å²) >= 11 is 5.83. The maximum atomic E-state index is 12.1. The van der Waals surface area contributed by atoms with Crippen molar-refractivity contribution in [3.05, 3.63) is 53.6 Å². The van der Waals surface area contributed by atoms with E-state index in [0.29, 0.717) is 24.5 Å². The van der Waals surface area contributed by atoms with Crippen LogP contribution in [0.5, 0.6) is 5.75 Å². The molecule has 1 N–H and O–H groups in total. The summed E-state index contributed by atoms with van der Waals surface area (Å²) in [5, 5.41) is 3.63. The molecule has 1 amide bonds. The number of carbonyl (C=O) groups is 1. The van der Waals surface area contributed by atoms with E-state index < -0.39 is 0 Å². The number of benzene rings is 2. The summed E-state index contributed by atoms with van der Waals surface area (Å²) < 4.78 is 5.60. The summed E-state index contributed by atoms with van der Waals surface area (Å²) in [7, 11) is 0. The largest absolute Gasteiger partial charge is 0.494 e. The molecular weight excluding hydrogens is 348 g/mol. The van der Waals surface area contributed by atoms with E-state index >= 15 is 0 Å². The van der Waals surface area contributed by atoms with E-state index in [4.69, 9.17) is 16.3 Å². The second-order valence-corrected chi connectivity index (χ2v) is 6.99. The Hall–Kier alpha value is -2.20. The molecule has 1 fully saturated rings. The third-order valence-corrected chi connectivity index (χ3v) is 4.75. The van der Waals surface area contributed by atoms with Gasteiger partial charge in [0.1, 0.15) is 5.75 Å². The summed E-state index contributed by atoms with van der Waals surface area (Å²) in [6, 6.07) is 15.4. The number of halogens is 1. The highest BCUT2D eigenvalue weighted by Gasteiger charge is 2.11. The van der Waals surface area contributed by atoms with Crippen LogP contribution in [0.15, 0.2) is 48.5 Å². The van der Waals surface area contributed by atoms with Gasteiger partial charge in [0.05, 0.1) is 6.61 Å². The van der Waals surface area contributed by atoms with E-state index in [2.05, 4.69) is 22.3 Å². The summed E-state index contributed by atoms with van der Waals surface area (Å²) in [5.74, 6) is 0.776. The lowest BCUT2D eigenvalue weighted by Gasteiger charge is -2.28. The van der Waals surface area contributed by atoms with Gasteiger partial charge in [-0.05, 0) is 74.2 Å². The van der Waals surface area contributed by atoms with Gasteiger partial charge in [-0.25, -0.2) is 0 Å². The zero-order valence-electron chi connectivity index (χ0n) is 14.9. The third-order valence-electron chi connectivity index (χ3n) is 4.50. The van der Waals surface area contributed by atoms with E-state index in [-0.39, 0.29) is 5.91 Å². The average molecular weight is 373 g/mol. The third kappa shape index (κ3) is 5.67. The fraction of sp³-hybridized carbons (Fsp3) is 0.381. The van der Waals surface area contributed by atoms with Crippen LogP contribution in [0, 0.1) is 0 Å². The number of nitrogens with one attached hydrogen (secondary N) is 1. The van der Waals surface area contributed by atoms with Crippen LogP contribution in [-0.4, -0.2) is 25.6 Å². The van der Waals surface area contributed by atoms with Crippen molar-refractivity contribution in [1.82, 2.24) is 0 Å². The highest BCUT2D eigenvalue weighted by Crippen LogP contribution is 2.22. The summed E-state index contributed by atoms with van der Waals surface area (Å²) in [6.07, 6.45) is 4.95. The first-order valence-electron chi connectivity index (χ1n) is 9.24. The van der Waals surface area contributed by atoms with Crippen molar-refractivity contribution < 1.29 is 9.53 Å². The van der Waals surface area contributed by atoms with Crippen LogP contribution in [0.1, 0.15) is 32.1 Å². The van der Waals surface area contributed by atoms with Gasteiger partial charge in [0.25, 0.3) is 0 Å². The number of carbonyl (C=O) groups excluding carboxylic acids is 1. The molecule has 0 saturated carbocycles. The lowest BCUT2D eigenvalue weighted by Crippen LogP contribution is -2.29. The monoisotopic (exact) mass is 372 g/mol. The Labute approximate surface area is 160 Å². The standard InChI is InChI=1S/C21H25ClN2O2/c22-17-6-12-20(13-7-17)26-16-4-5-21(25)23-18-8-10-19(11-9-18)24-14-2-1-3-15-24/h6-13H,1-5,14-16H2,(H,23,25). The topological polar surface area (TPSA) is 41.6 Å². The minimum Gasteiger partial charge on any atom is -0.494 e. The number of hydrogen-bond acceptors (Lipinski definition) is 3. The molecule has 1 aliphatic heterocycles. The van der Waals surface area contributed by atoms with Crippen molar-refractivity contribution in [2.75, 3.05) is 29.9 Å². The molecule has 2 aromatic rings. The van der Waals surface area contributed by atoms with Crippen LogP contribution < -0.4 is 15.0 Å². The Balaban J connectivity index is 1.38. The second kappa shape index (κ2) is 9.48. The van der Waals surface area contributed by atoms with Gasteiger partial charge in [0.2, 0.25) is 5.91 Å². The summed E-state index contributed by atoms with van der Waals surface area (Å²) in [4.78, 5) is 14.5. The molecule has 1 saturated heterocycles. The van der Waals surface area contributed by atoms with Crippen molar-refractivity contribution in [2.24, 2.45) is 0 Å². The summed E-state index contributed by atoms with van der Waals surface area (Å²) in [6.45, 7) is 2.75. The molecule has 0 aliphatic carbocycles. The maximum absolute atomic E-state index is 12.1. The molecule has 0 radical (unpaired) electrons. The predicted octanol–water partition coefficient (Wildman–Crippen LogP) is 5.13. The van der Waals surface area contributed by atoms with Crippen molar-refractivity contribution in [1.29, 1.82) is 0 Å². The minimum absolute atomic E-state index is 0.00966. The number of anilines is 2. The molecule has 5 heteroatoms. The maximum Gasteiger partial charge on any atom is 0.224 e. The molecule has 138 valence electrons. The molecule has 0 spiro atoms. The first kappa shape index (κ1) is 18.6. The van der Waals surface area contributed by atoms with Crippen molar-refractivity contribution in [2.45, 2.75) is 32.1 Å². The molecule has 3 rings (SSSR count). The van der Waals surface area contributed by atoms with E-state index in [0.717, 1.165) is 24.5 Å². The van der Waals surface area contributed by atoms with Gasteiger partial charge in [0.15, 0.2) is 0 Å². The molecule has 26 heavy (non-hydrogen) atoms. The molecule has 1 aliphatic rings. The number of piperidine rings is 1. The quantitative estimate of drug-likeness (QED) is 0.685. The van der Waals surface area contributed by atoms with Crippen LogP contribution in [0.3, 0.4) is 0 Å². The molecular formula is C21H25ClN2O2. The van der Waals surface area contributed by atoms with Crippen LogP contribution in [-0.2, 0) is 4.79 Å². The molecule has 0 aromatic heterocycles. The van der Waals surface area contributed by atoms with E-state index in [1.165, 1.54) is 24.9 Å². The molecule has 2 aromatic carbocycles. The first-order valence-corrected chi connectivity index (χ1v) is 9.62. The number of amides is 1. The number of ether oxygens (including phenoxy) is 1. The Morgan fingerprint density at radius 1 is 1.00 bits per heavy atom. The zero-order chi connectivity index (χ0) is 18.2. The van der Waals surface area contributed by atoms with Gasteiger partial charge < -0.3 is 15.0 Å². The van der Waals surface area contributed by atoms with Crippen LogP contribution in [0.25, 0.3) is 0 Å². The van der Waals surface area contributed by atoms with Crippen molar-refractivity contribution in [3.8, 4) is 5.75 Å². The molecule has 1 heterocycles. The van der Waals surface area contributed by atoms with Crippen LogP contribution >= 0.6 is 11.6 Å². The fourth-order valence-corrected chi connectivity index (χ4v) is 3.21. The van der Waals surface area contributed by atoms with Gasteiger partial charge in [-0.1, -0.05) is 11.6 Å². The lowest BCUT2D eigenvalue weighted by molar-refractivity contribution is -0.116. The van der Waals surface area contributed by atoms with Crippen molar-refractivity contribution >= 4 is 28.9 Å². The van der Waals surface area contributed by atoms with Gasteiger partial charge in [-0.15, -0.1) is 0 Å². The summed E-state index contributed by atoms with van der Waals surface area (Å²) in [5.41, 5.74) is 2.08. The van der Waals surface area contributed by atoms with Gasteiger partial charge in [0, 0.05) is 35.9 Å². The molecule has 0 unspecified atom stereocenters. The first-order chi connectivity index (χ1) is 12.7. The van der Waals surface area contributed by atoms with Crippen LogP contribution in [0.4, 0.5) is 11.4 Å². The smallest absolute Gasteiger partial charge is 0.224 e. The number of hydrogen-bond donors (Lipinski definition) is 1. The van der Waals surface area contributed by atoms with Crippen LogP contribution in [0.2, 0.25) is 5.02 Å². The average Bonchev–Trinajstić information content (AvgIpc) is 2.68. The van der Waals surface area contributed by atoms with E-state index in [1.807, 2.05) is 24.3 Å². The predicted molar refractivity (Wildman–Crippen MR) is 107 cm³/mol. The zero-order valence-corrected chi connectivity index (χ0v) is 15.7. The normalized spacial score (nSPS) is 14.1. The van der Waals surface area contributed by atoms with Gasteiger partial charge >= 0.3 is 0 Å². The Morgan fingerprint density at radius 3 is 2.38 bits per heavy atom. The Bertz CT molecular complexity index is 695. The SMILES string of the molecule is O=C(CCCOc1ccc(Cl)cc1)Nc1ccc(N2CCCCC2)cc1. The van der Waals surface area contributed by atoms with Crippen molar-refractivity contribution in [3.63, 3.8) is 0 Å². The highest BCUT2D eigenvalue weighted by atomic mass is 35.5. The second-order valence-electron chi connectivity index (χ2n) is 6.55. The Morgan fingerprint density at radius 2 is 1.69 bits per heavy atom. The minimum atomic E-state index is 0.00966. The fourth-order valence-electron chi connectivity index (χ4n) is 3.08. The van der Waals surface area contributed by atoms with Gasteiger partial charge in [-0.2, -0.15) is 0 Å². The molecule has 0 atom stereocenters. The lowest BCUT2D eigenvalue weighted by atomic mass is 10.1. The molecule has 0 bridgehead atoms. The Kier molecular flexibility index (Phi) is 6.78. The highest BCUT2D eigenvalue weighted by molar-refractivity contribution is 6.30.